The van der Waals surface area contributed by atoms with Gasteiger partial charge in [-0.25, -0.2) is 0 Å². The summed E-state index contributed by atoms with van der Waals surface area (Å²) in [6.45, 7) is 11.9. The highest BCUT2D eigenvalue weighted by Crippen LogP contribution is 2.42. The van der Waals surface area contributed by atoms with Crippen LogP contribution in [-0.2, 0) is 14.2 Å². The number of hydrogen-bond donors (Lipinski definition) is 1. The number of hydrogen-bond acceptors (Lipinski definition) is 5. The average molecular weight is 256 g/mol. The summed E-state index contributed by atoms with van der Waals surface area (Å²) in [6.07, 6.45) is 0. The van der Waals surface area contributed by atoms with Gasteiger partial charge in [0.25, 0.3) is 5.97 Å². The first kappa shape index (κ1) is 12.8. The van der Waals surface area contributed by atoms with Crippen molar-refractivity contribution in [3.63, 3.8) is 0 Å². The predicted molar refractivity (Wildman–Crippen MR) is 67.2 cm³/mol. The number of nitrogens with zero attached hydrogens (tertiary/aromatic N) is 1. The van der Waals surface area contributed by atoms with Gasteiger partial charge < -0.3 is 24.4 Å². The predicted octanol–water partition coefficient (Wildman–Crippen LogP) is 0.265. The Kier molecular flexibility index (Phi) is 3.36. The molecular weight excluding hydrogens is 232 g/mol. The molecule has 0 aliphatic carbocycles. The second kappa shape index (κ2) is 4.72. The first-order valence-corrected chi connectivity index (χ1v) is 6.97. The summed E-state index contributed by atoms with van der Waals surface area (Å²) >= 11 is 0. The molecule has 0 amide bonds. The van der Waals surface area contributed by atoms with Crippen LogP contribution in [0.4, 0.5) is 0 Å². The summed E-state index contributed by atoms with van der Waals surface area (Å²) in [5.41, 5.74) is 0.0521. The fraction of sp³-hybridized carbons (Fsp3) is 1.00. The Labute approximate surface area is 109 Å². The van der Waals surface area contributed by atoms with E-state index in [1.807, 2.05) is 0 Å². The molecule has 5 nitrogen and oxygen atoms in total. The first-order chi connectivity index (χ1) is 8.62. The van der Waals surface area contributed by atoms with Crippen molar-refractivity contribution >= 4 is 0 Å². The topological polar surface area (TPSA) is 43.0 Å². The first-order valence-electron chi connectivity index (χ1n) is 6.97. The van der Waals surface area contributed by atoms with E-state index in [9.17, 15) is 0 Å². The van der Waals surface area contributed by atoms with Crippen LogP contribution in [0.15, 0.2) is 0 Å². The second-order valence-electron chi connectivity index (χ2n) is 6.23. The van der Waals surface area contributed by atoms with E-state index in [1.54, 1.807) is 0 Å². The number of fused-ring (bicyclic) bond motifs is 3. The number of rotatable bonds is 3. The van der Waals surface area contributed by atoms with Crippen molar-refractivity contribution in [3.05, 3.63) is 0 Å². The van der Waals surface area contributed by atoms with Crippen molar-refractivity contribution in [1.82, 2.24) is 10.2 Å². The van der Waals surface area contributed by atoms with Crippen LogP contribution in [0, 0.1) is 11.3 Å². The summed E-state index contributed by atoms with van der Waals surface area (Å²) in [7, 11) is 0. The van der Waals surface area contributed by atoms with E-state index in [-0.39, 0.29) is 11.3 Å². The van der Waals surface area contributed by atoms with Crippen molar-refractivity contribution < 1.29 is 14.2 Å². The molecule has 104 valence electrons. The van der Waals surface area contributed by atoms with Gasteiger partial charge in [0.05, 0.1) is 25.7 Å². The fourth-order valence-corrected chi connectivity index (χ4v) is 2.89. The van der Waals surface area contributed by atoms with E-state index >= 15 is 0 Å². The summed E-state index contributed by atoms with van der Waals surface area (Å²) in [6, 6.07) is 0. The smallest absolute Gasteiger partial charge is 0.286 e. The van der Waals surface area contributed by atoms with Crippen LogP contribution >= 0.6 is 0 Å². The lowest BCUT2D eigenvalue weighted by Crippen LogP contribution is -2.63. The van der Waals surface area contributed by atoms with E-state index in [4.69, 9.17) is 14.2 Å². The van der Waals surface area contributed by atoms with E-state index in [1.165, 1.54) is 0 Å². The van der Waals surface area contributed by atoms with Gasteiger partial charge in [-0.15, -0.1) is 0 Å². The van der Waals surface area contributed by atoms with Crippen molar-refractivity contribution in [2.24, 2.45) is 11.3 Å². The minimum absolute atomic E-state index is 0.0521. The summed E-state index contributed by atoms with van der Waals surface area (Å²) < 4.78 is 17.7. The molecule has 1 unspecified atom stereocenters. The van der Waals surface area contributed by atoms with Crippen molar-refractivity contribution in [2.45, 2.75) is 19.8 Å². The lowest BCUT2D eigenvalue weighted by molar-refractivity contribution is -0.482. The highest BCUT2D eigenvalue weighted by Gasteiger charge is 2.53. The van der Waals surface area contributed by atoms with Crippen LogP contribution < -0.4 is 5.32 Å². The van der Waals surface area contributed by atoms with Gasteiger partial charge in [0.1, 0.15) is 0 Å². The molecule has 1 N–H and O–H groups in total. The van der Waals surface area contributed by atoms with Gasteiger partial charge in [-0.2, -0.15) is 0 Å². The third-order valence-electron chi connectivity index (χ3n) is 4.21. The maximum Gasteiger partial charge on any atom is 0.286 e. The van der Waals surface area contributed by atoms with Crippen LogP contribution in [0.2, 0.25) is 0 Å². The van der Waals surface area contributed by atoms with Crippen molar-refractivity contribution in [1.29, 1.82) is 0 Å². The molecule has 4 heterocycles. The molecule has 0 spiro atoms. The molecule has 5 heteroatoms. The summed E-state index contributed by atoms with van der Waals surface area (Å²) in [5, 5.41) is 3.37. The molecule has 0 aromatic heterocycles. The standard InChI is InChI=1S/C13H24N2O3/c1-11(7-15-5-3-14-4-6-15)13-16-8-12(2,9-17-13)10-18-13/h11,14H,3-10H2,1-2H3. The van der Waals surface area contributed by atoms with Crippen LogP contribution in [0.25, 0.3) is 0 Å². The van der Waals surface area contributed by atoms with Crippen LogP contribution in [0.5, 0.6) is 0 Å². The van der Waals surface area contributed by atoms with Crippen LogP contribution in [0.3, 0.4) is 0 Å². The van der Waals surface area contributed by atoms with Gasteiger partial charge in [0.15, 0.2) is 0 Å². The molecule has 0 aromatic carbocycles. The molecule has 4 rings (SSSR count). The van der Waals surface area contributed by atoms with Gasteiger partial charge in [-0.3, -0.25) is 0 Å². The van der Waals surface area contributed by atoms with Crippen LogP contribution in [-0.4, -0.2) is 63.4 Å². The van der Waals surface area contributed by atoms with Gasteiger partial charge in [-0.1, -0.05) is 13.8 Å². The molecular formula is C13H24N2O3. The Morgan fingerprint density at radius 1 is 1.11 bits per heavy atom. The van der Waals surface area contributed by atoms with Crippen LogP contribution in [0.1, 0.15) is 13.8 Å². The Morgan fingerprint density at radius 2 is 1.67 bits per heavy atom. The fourth-order valence-electron chi connectivity index (χ4n) is 2.89. The zero-order valence-electron chi connectivity index (χ0n) is 11.4. The Balaban J connectivity index is 1.60. The minimum Gasteiger partial charge on any atom is -0.326 e. The molecule has 4 fully saturated rings. The number of ether oxygens (including phenoxy) is 3. The van der Waals surface area contributed by atoms with Gasteiger partial charge in [0, 0.05) is 38.1 Å². The van der Waals surface area contributed by atoms with Gasteiger partial charge in [0.2, 0.25) is 0 Å². The average Bonchev–Trinajstić information content (AvgIpc) is 2.41. The maximum atomic E-state index is 5.88. The monoisotopic (exact) mass is 256 g/mol. The van der Waals surface area contributed by atoms with Gasteiger partial charge in [-0.05, 0) is 0 Å². The molecule has 2 bridgehead atoms. The summed E-state index contributed by atoms with van der Waals surface area (Å²) in [5.74, 6) is -0.553. The highest BCUT2D eigenvalue weighted by atomic mass is 16.9. The molecule has 4 saturated heterocycles. The van der Waals surface area contributed by atoms with E-state index < -0.39 is 5.97 Å². The molecule has 18 heavy (non-hydrogen) atoms. The third-order valence-corrected chi connectivity index (χ3v) is 4.21. The molecule has 0 radical (unpaired) electrons. The molecule has 4 aliphatic rings. The number of piperazine rings is 1. The Bertz CT molecular complexity index is 280. The third kappa shape index (κ3) is 2.30. The molecule has 4 aliphatic heterocycles. The molecule has 0 aromatic rings. The molecule has 0 saturated carbocycles. The normalized spacial score (nSPS) is 43.0. The second-order valence-corrected chi connectivity index (χ2v) is 6.23. The Hall–Kier alpha value is -0.200. The maximum absolute atomic E-state index is 5.88. The van der Waals surface area contributed by atoms with Gasteiger partial charge >= 0.3 is 0 Å². The summed E-state index contributed by atoms with van der Waals surface area (Å²) in [4.78, 5) is 2.45. The van der Waals surface area contributed by atoms with E-state index in [2.05, 4.69) is 24.1 Å². The molecule has 1 atom stereocenters. The van der Waals surface area contributed by atoms with Crippen molar-refractivity contribution in [3.8, 4) is 0 Å². The van der Waals surface area contributed by atoms with E-state index in [0.29, 0.717) is 0 Å². The lowest BCUT2D eigenvalue weighted by atomic mass is 9.90. The SMILES string of the molecule is CC(CN1CCNCC1)C12OCC(C)(CO1)CO2. The highest BCUT2D eigenvalue weighted by molar-refractivity contribution is 4.88. The largest absolute Gasteiger partial charge is 0.326 e. The quantitative estimate of drug-likeness (QED) is 0.785. The lowest BCUT2D eigenvalue weighted by Gasteiger charge is -2.53. The number of nitrogens with one attached hydrogen (secondary N) is 1. The Morgan fingerprint density at radius 3 is 2.22 bits per heavy atom. The van der Waals surface area contributed by atoms with Crippen molar-refractivity contribution in [2.75, 3.05) is 52.5 Å². The van der Waals surface area contributed by atoms with E-state index in [0.717, 1.165) is 52.5 Å². The minimum atomic E-state index is -0.789. The zero-order valence-corrected chi connectivity index (χ0v) is 11.4. The zero-order chi connectivity index (χ0) is 12.6.